The molecule has 0 bridgehead atoms. The van der Waals surface area contributed by atoms with Crippen molar-refractivity contribution in [2.45, 2.75) is 19.8 Å². The van der Waals surface area contributed by atoms with E-state index in [2.05, 4.69) is 11.3 Å². The summed E-state index contributed by atoms with van der Waals surface area (Å²) in [7, 11) is 0. The summed E-state index contributed by atoms with van der Waals surface area (Å²) < 4.78 is 3.73. The van der Waals surface area contributed by atoms with Crippen molar-refractivity contribution in [2.75, 3.05) is 0 Å². The van der Waals surface area contributed by atoms with E-state index < -0.39 is 0 Å². The number of aryl methyl sites for hydroxylation is 1. The van der Waals surface area contributed by atoms with E-state index in [0.29, 0.717) is 0 Å². The van der Waals surface area contributed by atoms with E-state index in [0.717, 1.165) is 18.4 Å². The molecule has 0 aliphatic rings. The Morgan fingerprint density at radius 1 is 1.78 bits per heavy atom. The van der Waals surface area contributed by atoms with Gasteiger partial charge in [-0.15, -0.1) is 0 Å². The van der Waals surface area contributed by atoms with Crippen molar-refractivity contribution in [3.8, 4) is 5.88 Å². The lowest BCUT2D eigenvalue weighted by Gasteiger charge is -1.89. The Hall–Kier alpha value is -0.570. The van der Waals surface area contributed by atoms with Crippen LogP contribution in [0.5, 0.6) is 5.88 Å². The molecular weight excluding hydrogens is 134 g/mol. The predicted molar refractivity (Wildman–Crippen MR) is 37.8 cm³/mol. The minimum atomic E-state index is 0.210. The third-order valence-electron chi connectivity index (χ3n) is 1.14. The number of nitrogens with zero attached hydrogens (tertiary/aromatic N) is 1. The summed E-state index contributed by atoms with van der Waals surface area (Å²) in [5.74, 6) is 0.210. The predicted octanol–water partition coefficient (Wildman–Crippen LogP) is 1.80. The fourth-order valence-corrected chi connectivity index (χ4v) is 1.31. The molecule has 2 nitrogen and oxygen atoms in total. The normalized spacial score (nSPS) is 9.89. The van der Waals surface area contributed by atoms with Crippen LogP contribution in [0.15, 0.2) is 5.38 Å². The molecule has 0 fully saturated rings. The van der Waals surface area contributed by atoms with Crippen molar-refractivity contribution >= 4 is 11.5 Å². The minimum absolute atomic E-state index is 0.210. The van der Waals surface area contributed by atoms with Crippen LogP contribution in [0, 0.1) is 0 Å². The molecule has 9 heavy (non-hydrogen) atoms. The van der Waals surface area contributed by atoms with Gasteiger partial charge in [0.25, 0.3) is 0 Å². The van der Waals surface area contributed by atoms with E-state index in [4.69, 9.17) is 5.11 Å². The van der Waals surface area contributed by atoms with Gasteiger partial charge in [0.2, 0.25) is 5.88 Å². The van der Waals surface area contributed by atoms with Crippen molar-refractivity contribution in [1.82, 2.24) is 4.37 Å². The van der Waals surface area contributed by atoms with Crippen LogP contribution in [0.1, 0.15) is 18.9 Å². The second-order valence-electron chi connectivity index (χ2n) is 1.91. The summed E-state index contributed by atoms with van der Waals surface area (Å²) in [6, 6.07) is 0. The summed E-state index contributed by atoms with van der Waals surface area (Å²) in [5.41, 5.74) is 0.975. The van der Waals surface area contributed by atoms with Crippen LogP contribution >= 0.6 is 11.5 Å². The molecule has 1 aromatic heterocycles. The van der Waals surface area contributed by atoms with Crippen LogP contribution in [0.2, 0.25) is 0 Å². The van der Waals surface area contributed by atoms with Gasteiger partial charge in [0, 0.05) is 10.9 Å². The van der Waals surface area contributed by atoms with Gasteiger partial charge in [0.05, 0.1) is 0 Å². The lowest BCUT2D eigenvalue weighted by molar-refractivity contribution is 0.452. The number of hydrogen-bond acceptors (Lipinski definition) is 3. The quantitative estimate of drug-likeness (QED) is 0.684. The van der Waals surface area contributed by atoms with Gasteiger partial charge in [-0.05, 0) is 18.0 Å². The third-order valence-corrected chi connectivity index (χ3v) is 1.81. The highest BCUT2D eigenvalue weighted by molar-refractivity contribution is 7.03. The topological polar surface area (TPSA) is 33.1 Å². The SMILES string of the molecule is CCCc1csnc1O. The molecule has 1 heterocycles. The molecule has 1 rings (SSSR count). The van der Waals surface area contributed by atoms with Crippen molar-refractivity contribution in [2.24, 2.45) is 0 Å². The number of hydrogen-bond donors (Lipinski definition) is 1. The molecule has 0 aliphatic carbocycles. The Balaban J connectivity index is 2.69. The Labute approximate surface area is 58.3 Å². The highest BCUT2D eigenvalue weighted by atomic mass is 32.1. The summed E-state index contributed by atoms with van der Waals surface area (Å²) in [5, 5.41) is 10.9. The Morgan fingerprint density at radius 2 is 2.56 bits per heavy atom. The Kier molecular flexibility index (Phi) is 2.05. The number of aromatic nitrogens is 1. The van der Waals surface area contributed by atoms with Gasteiger partial charge in [0.1, 0.15) is 0 Å². The average Bonchev–Trinajstić information content (AvgIpc) is 2.18. The van der Waals surface area contributed by atoms with Crippen LogP contribution in [0.3, 0.4) is 0 Å². The molecular formula is C6H9NOS. The molecule has 3 heteroatoms. The molecule has 0 aromatic carbocycles. The summed E-state index contributed by atoms with van der Waals surface area (Å²) in [4.78, 5) is 0. The van der Waals surface area contributed by atoms with Crippen LogP contribution in [0.25, 0.3) is 0 Å². The van der Waals surface area contributed by atoms with E-state index in [1.54, 1.807) is 0 Å². The third kappa shape index (κ3) is 1.42. The highest BCUT2D eigenvalue weighted by Crippen LogP contribution is 2.17. The van der Waals surface area contributed by atoms with E-state index in [1.807, 2.05) is 5.38 Å². The highest BCUT2D eigenvalue weighted by Gasteiger charge is 1.99. The largest absolute Gasteiger partial charge is 0.492 e. The maximum atomic E-state index is 8.98. The smallest absolute Gasteiger partial charge is 0.225 e. The van der Waals surface area contributed by atoms with Gasteiger partial charge in [0.15, 0.2) is 0 Å². The zero-order valence-electron chi connectivity index (χ0n) is 5.29. The van der Waals surface area contributed by atoms with Gasteiger partial charge < -0.3 is 5.11 Å². The minimum Gasteiger partial charge on any atom is -0.492 e. The standard InChI is InChI=1S/C6H9NOS/c1-2-3-5-4-9-7-6(5)8/h4H,2-3H2,1H3,(H,7,8). The Morgan fingerprint density at radius 3 is 3.00 bits per heavy atom. The maximum Gasteiger partial charge on any atom is 0.225 e. The second kappa shape index (κ2) is 2.82. The molecule has 0 atom stereocenters. The fraction of sp³-hybridized carbons (Fsp3) is 0.500. The van der Waals surface area contributed by atoms with Crippen molar-refractivity contribution in [1.29, 1.82) is 0 Å². The summed E-state index contributed by atoms with van der Waals surface area (Å²) in [6.45, 7) is 2.08. The van der Waals surface area contributed by atoms with Crippen LogP contribution in [-0.2, 0) is 6.42 Å². The second-order valence-corrected chi connectivity index (χ2v) is 2.54. The zero-order valence-corrected chi connectivity index (χ0v) is 6.11. The van der Waals surface area contributed by atoms with Gasteiger partial charge >= 0.3 is 0 Å². The molecule has 0 saturated heterocycles. The van der Waals surface area contributed by atoms with Gasteiger partial charge in [-0.1, -0.05) is 13.3 Å². The van der Waals surface area contributed by atoms with Crippen molar-refractivity contribution < 1.29 is 5.11 Å². The van der Waals surface area contributed by atoms with Gasteiger partial charge in [-0.3, -0.25) is 0 Å². The first-order chi connectivity index (χ1) is 4.34. The summed E-state index contributed by atoms with van der Waals surface area (Å²) in [6.07, 6.45) is 1.99. The van der Waals surface area contributed by atoms with Crippen molar-refractivity contribution in [3.05, 3.63) is 10.9 Å². The first-order valence-electron chi connectivity index (χ1n) is 2.96. The molecule has 0 aliphatic heterocycles. The Bertz CT molecular complexity index is 185. The van der Waals surface area contributed by atoms with E-state index in [9.17, 15) is 0 Å². The van der Waals surface area contributed by atoms with Gasteiger partial charge in [-0.2, -0.15) is 4.37 Å². The molecule has 0 unspecified atom stereocenters. The van der Waals surface area contributed by atoms with Crippen LogP contribution < -0.4 is 0 Å². The number of aromatic hydroxyl groups is 1. The molecule has 0 radical (unpaired) electrons. The summed E-state index contributed by atoms with van der Waals surface area (Å²) >= 11 is 1.31. The monoisotopic (exact) mass is 143 g/mol. The van der Waals surface area contributed by atoms with Crippen LogP contribution in [-0.4, -0.2) is 9.48 Å². The lowest BCUT2D eigenvalue weighted by atomic mass is 10.2. The molecule has 50 valence electrons. The lowest BCUT2D eigenvalue weighted by Crippen LogP contribution is -1.77. The molecule has 0 amide bonds. The molecule has 1 aromatic rings. The first kappa shape index (κ1) is 6.55. The fourth-order valence-electron chi connectivity index (χ4n) is 0.691. The van der Waals surface area contributed by atoms with Gasteiger partial charge in [-0.25, -0.2) is 0 Å². The number of rotatable bonds is 2. The van der Waals surface area contributed by atoms with Crippen LogP contribution in [0.4, 0.5) is 0 Å². The molecule has 0 spiro atoms. The van der Waals surface area contributed by atoms with E-state index >= 15 is 0 Å². The molecule has 0 saturated carbocycles. The van der Waals surface area contributed by atoms with E-state index in [-0.39, 0.29) is 5.88 Å². The van der Waals surface area contributed by atoms with E-state index in [1.165, 1.54) is 11.5 Å². The van der Waals surface area contributed by atoms with Crippen molar-refractivity contribution in [3.63, 3.8) is 0 Å². The first-order valence-corrected chi connectivity index (χ1v) is 3.80. The maximum absolute atomic E-state index is 8.98. The molecule has 1 N–H and O–H groups in total. The zero-order chi connectivity index (χ0) is 6.69. The average molecular weight is 143 g/mol.